The molecule has 4 nitrogen and oxygen atoms in total. The number of esters is 1. The second-order valence-corrected chi connectivity index (χ2v) is 8.83. The first-order valence-electron chi connectivity index (χ1n) is 9.39. The average Bonchev–Trinajstić information content (AvgIpc) is 2.97. The van der Waals surface area contributed by atoms with E-state index in [4.69, 9.17) is 4.74 Å². The SMILES string of the molecule is O=C(COC(=O)c1cc2c(s1)CCCCC2)NCCSCc1ccccc1. The molecule has 27 heavy (non-hydrogen) atoms. The summed E-state index contributed by atoms with van der Waals surface area (Å²) in [4.78, 5) is 26.0. The molecule has 3 rings (SSSR count). The van der Waals surface area contributed by atoms with Gasteiger partial charge in [-0.15, -0.1) is 11.3 Å². The van der Waals surface area contributed by atoms with Crippen molar-refractivity contribution in [1.82, 2.24) is 5.32 Å². The van der Waals surface area contributed by atoms with E-state index in [1.54, 1.807) is 11.8 Å². The van der Waals surface area contributed by atoms with Crippen LogP contribution in [0.2, 0.25) is 0 Å². The van der Waals surface area contributed by atoms with Crippen molar-refractivity contribution < 1.29 is 14.3 Å². The van der Waals surface area contributed by atoms with Crippen molar-refractivity contribution in [2.75, 3.05) is 18.9 Å². The van der Waals surface area contributed by atoms with Crippen molar-refractivity contribution in [2.24, 2.45) is 0 Å². The fraction of sp³-hybridized carbons (Fsp3) is 0.429. The van der Waals surface area contributed by atoms with Gasteiger partial charge in [-0.3, -0.25) is 4.79 Å². The van der Waals surface area contributed by atoms with E-state index in [0.29, 0.717) is 11.4 Å². The van der Waals surface area contributed by atoms with Crippen LogP contribution in [0, 0.1) is 0 Å². The lowest BCUT2D eigenvalue weighted by molar-refractivity contribution is -0.124. The van der Waals surface area contributed by atoms with Gasteiger partial charge in [0.15, 0.2) is 6.61 Å². The number of rotatable bonds is 8. The molecular weight excluding hydrogens is 378 g/mol. The molecule has 1 aromatic heterocycles. The number of hydrogen-bond donors (Lipinski definition) is 1. The summed E-state index contributed by atoms with van der Waals surface area (Å²) >= 11 is 3.29. The smallest absolute Gasteiger partial charge is 0.348 e. The predicted octanol–water partition coefficient (Wildman–Crippen LogP) is 4.22. The molecule has 0 fully saturated rings. The Kier molecular flexibility index (Phi) is 7.78. The standard InChI is InChI=1S/C21H25NO3S2/c23-20(22-11-12-26-15-16-7-3-1-4-8-16)14-25-21(24)19-13-17-9-5-2-6-10-18(17)27-19/h1,3-4,7-8,13H,2,5-6,9-12,14-15H2,(H,22,23). The highest BCUT2D eigenvalue weighted by Gasteiger charge is 2.18. The van der Waals surface area contributed by atoms with E-state index in [1.807, 2.05) is 24.3 Å². The highest BCUT2D eigenvalue weighted by molar-refractivity contribution is 7.98. The van der Waals surface area contributed by atoms with Gasteiger partial charge in [0.05, 0.1) is 0 Å². The van der Waals surface area contributed by atoms with Crippen molar-refractivity contribution in [3.05, 3.63) is 57.3 Å². The van der Waals surface area contributed by atoms with E-state index in [0.717, 1.165) is 24.3 Å². The number of thioether (sulfide) groups is 1. The van der Waals surface area contributed by atoms with Crippen LogP contribution in [-0.4, -0.2) is 30.8 Å². The molecule has 6 heteroatoms. The summed E-state index contributed by atoms with van der Waals surface area (Å²) in [6.07, 6.45) is 5.72. The van der Waals surface area contributed by atoms with Crippen LogP contribution in [0.3, 0.4) is 0 Å². The zero-order valence-electron chi connectivity index (χ0n) is 15.4. The average molecular weight is 404 g/mol. The van der Waals surface area contributed by atoms with Crippen LogP contribution in [0.5, 0.6) is 0 Å². The Morgan fingerprint density at radius 1 is 1.11 bits per heavy atom. The minimum absolute atomic E-state index is 0.218. The third kappa shape index (κ3) is 6.40. The van der Waals surface area contributed by atoms with Gasteiger partial charge < -0.3 is 10.1 Å². The van der Waals surface area contributed by atoms with E-state index < -0.39 is 0 Å². The summed E-state index contributed by atoms with van der Waals surface area (Å²) in [6.45, 7) is 0.353. The maximum absolute atomic E-state index is 12.2. The quantitative estimate of drug-likeness (QED) is 0.407. The summed E-state index contributed by atoms with van der Waals surface area (Å²) in [6, 6.07) is 12.2. The molecule has 1 N–H and O–H groups in total. The highest BCUT2D eigenvalue weighted by Crippen LogP contribution is 2.29. The molecule has 0 atom stereocenters. The molecule has 0 radical (unpaired) electrons. The molecule has 1 aliphatic carbocycles. The third-order valence-electron chi connectivity index (χ3n) is 4.46. The van der Waals surface area contributed by atoms with Crippen LogP contribution in [0.1, 0.15) is 44.9 Å². The van der Waals surface area contributed by atoms with Crippen molar-refractivity contribution in [1.29, 1.82) is 0 Å². The van der Waals surface area contributed by atoms with E-state index in [-0.39, 0.29) is 18.5 Å². The Morgan fingerprint density at radius 3 is 2.78 bits per heavy atom. The first kappa shape index (κ1) is 20.0. The molecule has 0 saturated carbocycles. The molecule has 1 heterocycles. The van der Waals surface area contributed by atoms with Gasteiger partial charge in [-0.2, -0.15) is 11.8 Å². The molecule has 1 aromatic carbocycles. The van der Waals surface area contributed by atoms with Crippen molar-refractivity contribution >= 4 is 35.0 Å². The van der Waals surface area contributed by atoms with Gasteiger partial charge >= 0.3 is 5.97 Å². The number of hydrogen-bond acceptors (Lipinski definition) is 5. The molecule has 2 aromatic rings. The van der Waals surface area contributed by atoms with E-state index >= 15 is 0 Å². The summed E-state index contributed by atoms with van der Waals surface area (Å²) in [5.41, 5.74) is 2.56. The van der Waals surface area contributed by atoms with Crippen molar-refractivity contribution in [2.45, 2.75) is 37.9 Å². The van der Waals surface area contributed by atoms with Crippen molar-refractivity contribution in [3.63, 3.8) is 0 Å². The number of aryl methyl sites for hydroxylation is 2. The van der Waals surface area contributed by atoms with Gasteiger partial charge in [0.25, 0.3) is 5.91 Å². The second kappa shape index (κ2) is 10.5. The maximum atomic E-state index is 12.2. The Balaban J connectivity index is 1.32. The molecule has 1 aliphatic rings. The fourth-order valence-electron chi connectivity index (χ4n) is 3.05. The number of fused-ring (bicyclic) bond motifs is 1. The summed E-state index contributed by atoms with van der Waals surface area (Å²) in [7, 11) is 0. The number of carbonyl (C=O) groups excluding carboxylic acids is 2. The molecule has 0 saturated heterocycles. The van der Waals surface area contributed by atoms with Crippen molar-refractivity contribution in [3.8, 4) is 0 Å². The lowest BCUT2D eigenvalue weighted by atomic mass is 10.1. The number of amides is 1. The second-order valence-electron chi connectivity index (χ2n) is 6.58. The maximum Gasteiger partial charge on any atom is 0.348 e. The van der Waals surface area contributed by atoms with Gasteiger partial charge in [-0.1, -0.05) is 36.8 Å². The minimum Gasteiger partial charge on any atom is -0.451 e. The van der Waals surface area contributed by atoms with E-state index in [2.05, 4.69) is 17.4 Å². The highest BCUT2D eigenvalue weighted by atomic mass is 32.2. The number of ether oxygens (including phenoxy) is 1. The zero-order chi connectivity index (χ0) is 18.9. The van der Waals surface area contributed by atoms with Crippen LogP contribution in [-0.2, 0) is 28.1 Å². The van der Waals surface area contributed by atoms with Crippen LogP contribution in [0.15, 0.2) is 36.4 Å². The van der Waals surface area contributed by atoms with Gasteiger partial charge in [-0.25, -0.2) is 4.79 Å². The lowest BCUT2D eigenvalue weighted by Gasteiger charge is -2.06. The third-order valence-corrected chi connectivity index (χ3v) is 6.71. The molecule has 0 spiro atoms. The first-order chi connectivity index (χ1) is 13.2. The molecule has 0 aliphatic heterocycles. The number of nitrogens with one attached hydrogen (secondary N) is 1. The van der Waals surface area contributed by atoms with Gasteiger partial charge in [-0.05, 0) is 42.9 Å². The lowest BCUT2D eigenvalue weighted by Crippen LogP contribution is -2.30. The monoisotopic (exact) mass is 403 g/mol. The normalized spacial score (nSPS) is 13.5. The molecule has 144 valence electrons. The first-order valence-corrected chi connectivity index (χ1v) is 11.4. The Hall–Kier alpha value is -1.79. The largest absolute Gasteiger partial charge is 0.451 e. The molecule has 0 unspecified atom stereocenters. The fourth-order valence-corrected chi connectivity index (χ4v) is 5.01. The van der Waals surface area contributed by atoms with Gasteiger partial charge in [0, 0.05) is 22.9 Å². The van der Waals surface area contributed by atoms with Gasteiger partial charge in [0.1, 0.15) is 4.88 Å². The minimum atomic E-state index is -0.387. The van der Waals surface area contributed by atoms with Crippen LogP contribution in [0.25, 0.3) is 0 Å². The summed E-state index contributed by atoms with van der Waals surface area (Å²) < 4.78 is 5.18. The summed E-state index contributed by atoms with van der Waals surface area (Å²) in [5.74, 6) is 1.12. The molecule has 0 bridgehead atoms. The Bertz CT molecular complexity index is 735. The zero-order valence-corrected chi connectivity index (χ0v) is 17.0. The molecular formula is C21H25NO3S2. The van der Waals surface area contributed by atoms with Gasteiger partial charge in [0.2, 0.25) is 0 Å². The van der Waals surface area contributed by atoms with E-state index in [1.165, 1.54) is 46.6 Å². The van der Waals surface area contributed by atoms with Crippen LogP contribution >= 0.6 is 23.1 Å². The number of benzene rings is 1. The number of carbonyl (C=O) groups is 2. The Morgan fingerprint density at radius 2 is 1.93 bits per heavy atom. The summed E-state index contributed by atoms with van der Waals surface area (Å²) in [5, 5.41) is 2.80. The van der Waals surface area contributed by atoms with Crippen LogP contribution < -0.4 is 5.32 Å². The Labute approximate surface area is 168 Å². The topological polar surface area (TPSA) is 55.4 Å². The number of thiophene rings is 1. The van der Waals surface area contributed by atoms with Crippen LogP contribution in [0.4, 0.5) is 0 Å². The molecule has 1 amide bonds. The predicted molar refractivity (Wildman–Crippen MR) is 111 cm³/mol. The van der Waals surface area contributed by atoms with E-state index in [9.17, 15) is 9.59 Å².